The number of nitrogens with zero attached hydrogens (tertiary/aromatic N) is 1. The van der Waals surface area contributed by atoms with E-state index >= 15 is 0 Å². The molecule has 0 spiro atoms. The highest BCUT2D eigenvalue weighted by molar-refractivity contribution is 6.08. The maximum absolute atomic E-state index is 13.0. The van der Waals surface area contributed by atoms with Crippen LogP contribution in [0.15, 0.2) is 67.0 Å². The second-order valence-corrected chi connectivity index (χ2v) is 8.20. The van der Waals surface area contributed by atoms with Crippen LogP contribution < -0.4 is 20.7 Å². The fourth-order valence-electron chi connectivity index (χ4n) is 3.28. The Bertz CT molecular complexity index is 1020. The maximum atomic E-state index is 13.0. The van der Waals surface area contributed by atoms with Crippen molar-refractivity contribution in [2.24, 2.45) is 0 Å². The van der Waals surface area contributed by atoms with E-state index in [9.17, 15) is 10.0 Å². The molecule has 1 heterocycles. The molecule has 0 saturated carbocycles. The molecule has 6 heteroatoms. The Hall–Kier alpha value is -3.54. The molecular weight excluding hydrogens is 376 g/mol. The Morgan fingerprint density at radius 1 is 1.00 bits per heavy atom. The first-order chi connectivity index (χ1) is 14.3. The summed E-state index contributed by atoms with van der Waals surface area (Å²) >= 11 is 0. The standard InChI is InChI=1S/C24H28N4O2/c1-24(2,3)20-10-9-18(15-22(20)25-4)27-23(29)19-7-5-6-8-21(19)26-16-17-11-13-28(30)14-12-17/h5-15,25H,16H2,1-4H3,(H2-,26,27,29,30)/p+1. The van der Waals surface area contributed by atoms with Gasteiger partial charge in [0.05, 0.1) is 5.56 Å². The summed E-state index contributed by atoms with van der Waals surface area (Å²) in [6.07, 6.45) is 3.13. The van der Waals surface area contributed by atoms with E-state index in [0.29, 0.717) is 12.1 Å². The lowest BCUT2D eigenvalue weighted by atomic mass is 9.85. The van der Waals surface area contributed by atoms with Gasteiger partial charge < -0.3 is 16.0 Å². The predicted octanol–water partition coefficient (Wildman–Crippen LogP) is 4.42. The predicted molar refractivity (Wildman–Crippen MR) is 120 cm³/mol. The molecular formula is C24H29N4O2+. The van der Waals surface area contributed by atoms with Crippen LogP contribution in [0.3, 0.4) is 0 Å². The number of pyridine rings is 1. The van der Waals surface area contributed by atoms with E-state index in [1.807, 2.05) is 49.5 Å². The van der Waals surface area contributed by atoms with Gasteiger partial charge in [0.25, 0.3) is 5.91 Å². The Morgan fingerprint density at radius 3 is 2.37 bits per heavy atom. The highest BCUT2D eigenvalue weighted by Gasteiger charge is 2.18. The number of para-hydroxylation sites is 1. The summed E-state index contributed by atoms with van der Waals surface area (Å²) in [6, 6.07) is 17.0. The number of hydrogen-bond donors (Lipinski definition) is 4. The minimum Gasteiger partial charge on any atom is -0.388 e. The second kappa shape index (κ2) is 8.86. The third kappa shape index (κ3) is 5.08. The third-order valence-corrected chi connectivity index (χ3v) is 4.89. The molecule has 0 aliphatic rings. The summed E-state index contributed by atoms with van der Waals surface area (Å²) in [4.78, 5) is 13.0. The van der Waals surface area contributed by atoms with E-state index in [-0.39, 0.29) is 11.3 Å². The number of carbonyl (C=O) groups excluding carboxylic acids is 1. The average Bonchev–Trinajstić information content (AvgIpc) is 2.72. The van der Waals surface area contributed by atoms with Crippen LogP contribution in [0.2, 0.25) is 0 Å². The van der Waals surface area contributed by atoms with Crippen molar-refractivity contribution in [3.8, 4) is 0 Å². The molecule has 0 aliphatic carbocycles. The SMILES string of the molecule is CNc1cc(NC(=O)c2ccccc2NCc2cc[n+](O)cc2)ccc1C(C)(C)C. The monoisotopic (exact) mass is 405 g/mol. The van der Waals surface area contributed by atoms with Crippen LogP contribution in [0, 0.1) is 0 Å². The molecule has 0 saturated heterocycles. The number of benzene rings is 2. The van der Waals surface area contributed by atoms with Crippen LogP contribution >= 0.6 is 0 Å². The fourth-order valence-corrected chi connectivity index (χ4v) is 3.28. The summed E-state index contributed by atoms with van der Waals surface area (Å²) in [5.74, 6) is -0.176. The number of rotatable bonds is 6. The molecule has 2 aromatic carbocycles. The van der Waals surface area contributed by atoms with E-state index in [0.717, 1.165) is 27.4 Å². The number of carbonyl (C=O) groups is 1. The van der Waals surface area contributed by atoms with Crippen molar-refractivity contribution in [3.63, 3.8) is 0 Å². The Morgan fingerprint density at radius 2 is 1.70 bits per heavy atom. The molecule has 0 radical (unpaired) electrons. The first kappa shape index (κ1) is 21.2. The minimum atomic E-state index is -0.176. The molecule has 1 amide bonds. The van der Waals surface area contributed by atoms with Gasteiger partial charge in [0, 0.05) is 47.5 Å². The number of nitrogens with one attached hydrogen (secondary N) is 3. The number of amides is 1. The van der Waals surface area contributed by atoms with Gasteiger partial charge in [-0.15, -0.1) is 0 Å². The summed E-state index contributed by atoms with van der Waals surface area (Å²) < 4.78 is 0.995. The summed E-state index contributed by atoms with van der Waals surface area (Å²) in [6.45, 7) is 7.03. The van der Waals surface area contributed by atoms with Crippen molar-refractivity contribution in [3.05, 3.63) is 83.7 Å². The van der Waals surface area contributed by atoms with Crippen molar-refractivity contribution in [2.45, 2.75) is 32.7 Å². The third-order valence-electron chi connectivity index (χ3n) is 4.89. The molecule has 0 atom stereocenters. The highest BCUT2D eigenvalue weighted by atomic mass is 16.5. The molecule has 0 fully saturated rings. The molecule has 156 valence electrons. The van der Waals surface area contributed by atoms with E-state index in [4.69, 9.17) is 0 Å². The van der Waals surface area contributed by atoms with Crippen molar-refractivity contribution < 1.29 is 14.7 Å². The van der Waals surface area contributed by atoms with Crippen molar-refractivity contribution in [1.29, 1.82) is 0 Å². The van der Waals surface area contributed by atoms with Gasteiger partial charge in [-0.1, -0.05) is 39.0 Å². The fraction of sp³-hybridized carbons (Fsp3) is 0.250. The van der Waals surface area contributed by atoms with Crippen LogP contribution in [0.1, 0.15) is 42.3 Å². The van der Waals surface area contributed by atoms with Gasteiger partial charge >= 0.3 is 0 Å². The van der Waals surface area contributed by atoms with Gasteiger partial charge in [0.2, 0.25) is 12.4 Å². The van der Waals surface area contributed by atoms with E-state index < -0.39 is 0 Å². The van der Waals surface area contributed by atoms with Gasteiger partial charge in [-0.05, 0) is 40.8 Å². The van der Waals surface area contributed by atoms with Crippen molar-refractivity contribution in [2.75, 3.05) is 23.0 Å². The number of anilines is 3. The molecule has 1 aromatic heterocycles. The first-order valence-corrected chi connectivity index (χ1v) is 9.94. The molecule has 0 unspecified atom stereocenters. The first-order valence-electron chi connectivity index (χ1n) is 9.94. The lowest BCUT2D eigenvalue weighted by Gasteiger charge is -2.23. The zero-order valence-electron chi connectivity index (χ0n) is 17.9. The van der Waals surface area contributed by atoms with Gasteiger partial charge in [0.15, 0.2) is 0 Å². The topological polar surface area (TPSA) is 77.3 Å². The van der Waals surface area contributed by atoms with E-state index in [2.05, 4.69) is 42.8 Å². The van der Waals surface area contributed by atoms with Gasteiger partial charge in [-0.2, -0.15) is 0 Å². The van der Waals surface area contributed by atoms with Gasteiger partial charge in [-0.3, -0.25) is 10.0 Å². The normalized spacial score (nSPS) is 11.1. The number of aromatic nitrogens is 1. The van der Waals surface area contributed by atoms with Gasteiger partial charge in [0.1, 0.15) is 0 Å². The van der Waals surface area contributed by atoms with Crippen LogP contribution in [-0.2, 0) is 12.0 Å². The molecule has 3 rings (SSSR count). The average molecular weight is 406 g/mol. The summed E-state index contributed by atoms with van der Waals surface area (Å²) in [5, 5.41) is 18.9. The van der Waals surface area contributed by atoms with Gasteiger partial charge in [-0.25, -0.2) is 0 Å². The summed E-state index contributed by atoms with van der Waals surface area (Å²) in [7, 11) is 1.89. The van der Waals surface area contributed by atoms with Crippen LogP contribution in [0.25, 0.3) is 0 Å². The molecule has 30 heavy (non-hydrogen) atoms. The van der Waals surface area contributed by atoms with Crippen LogP contribution in [-0.4, -0.2) is 18.2 Å². The largest absolute Gasteiger partial charge is 0.388 e. The zero-order valence-corrected chi connectivity index (χ0v) is 17.9. The Balaban J connectivity index is 1.77. The smallest absolute Gasteiger partial charge is 0.257 e. The molecule has 0 bridgehead atoms. The second-order valence-electron chi connectivity index (χ2n) is 8.20. The van der Waals surface area contributed by atoms with E-state index in [1.54, 1.807) is 18.5 Å². The highest BCUT2D eigenvalue weighted by Crippen LogP contribution is 2.31. The van der Waals surface area contributed by atoms with Crippen molar-refractivity contribution >= 4 is 23.0 Å². The summed E-state index contributed by atoms with van der Waals surface area (Å²) in [5.41, 5.74) is 5.24. The van der Waals surface area contributed by atoms with Crippen LogP contribution in [0.5, 0.6) is 0 Å². The molecule has 3 aromatic rings. The van der Waals surface area contributed by atoms with Crippen LogP contribution in [0.4, 0.5) is 17.1 Å². The molecule has 0 aliphatic heterocycles. The Labute approximate surface area is 177 Å². The quantitative estimate of drug-likeness (QED) is 0.362. The number of hydrogen-bond acceptors (Lipinski definition) is 4. The lowest BCUT2D eigenvalue weighted by molar-refractivity contribution is -0.904. The lowest BCUT2D eigenvalue weighted by Crippen LogP contribution is -2.28. The maximum Gasteiger partial charge on any atom is 0.257 e. The molecule has 4 N–H and O–H groups in total. The molecule has 6 nitrogen and oxygen atoms in total. The minimum absolute atomic E-state index is 0.00410. The van der Waals surface area contributed by atoms with Crippen molar-refractivity contribution in [1.82, 2.24) is 0 Å². The van der Waals surface area contributed by atoms with E-state index in [1.165, 1.54) is 5.56 Å². The Kier molecular flexibility index (Phi) is 6.26. The zero-order chi connectivity index (χ0) is 21.7.